The van der Waals surface area contributed by atoms with Crippen LogP contribution in [0.5, 0.6) is 5.75 Å². The third kappa shape index (κ3) is 2.57. The number of carbonyl (C=O) groups is 2. The van der Waals surface area contributed by atoms with Crippen molar-refractivity contribution in [3.05, 3.63) is 54.1 Å². The molecule has 0 radical (unpaired) electrons. The maximum Gasteiger partial charge on any atom is 0.379 e. The van der Waals surface area contributed by atoms with Crippen LogP contribution in [0.15, 0.2) is 47.1 Å². The molecular weight excluding hydrogens is 288 g/mol. The number of ether oxygens (including phenoxy) is 1. The number of carbonyl (C=O) groups excluding carboxylic acids is 2. The molecule has 0 saturated heterocycles. The molecule has 2 aromatic heterocycles. The van der Waals surface area contributed by atoms with Crippen LogP contribution in [0.25, 0.3) is 11.3 Å². The van der Waals surface area contributed by atoms with E-state index in [4.69, 9.17) is 14.9 Å². The molecule has 0 aliphatic carbocycles. The number of aromatic amines is 1. The van der Waals surface area contributed by atoms with Gasteiger partial charge >= 0.3 is 5.97 Å². The van der Waals surface area contributed by atoms with Crippen LogP contribution < -0.4 is 10.5 Å². The summed E-state index contributed by atoms with van der Waals surface area (Å²) in [5, 5.41) is 9.91. The number of hydrogen-bond donors (Lipinski definition) is 2. The smallest absolute Gasteiger partial charge is 0.379 e. The minimum atomic E-state index is -0.683. The van der Waals surface area contributed by atoms with Crippen LogP contribution in [0.3, 0.4) is 0 Å². The number of nitrogens with zero attached hydrogens (tertiary/aromatic N) is 2. The normalized spacial score (nSPS) is 10.4. The average molecular weight is 298 g/mol. The molecule has 0 saturated carbocycles. The Kier molecular flexibility index (Phi) is 3.40. The van der Waals surface area contributed by atoms with Gasteiger partial charge in [0.2, 0.25) is 5.76 Å². The number of furan rings is 1. The van der Waals surface area contributed by atoms with E-state index in [0.717, 1.165) is 0 Å². The molecule has 8 nitrogen and oxygen atoms in total. The summed E-state index contributed by atoms with van der Waals surface area (Å²) in [6, 6.07) is 9.50. The molecule has 1 amide bonds. The van der Waals surface area contributed by atoms with Crippen molar-refractivity contribution in [2.24, 2.45) is 5.73 Å². The highest BCUT2D eigenvalue weighted by atomic mass is 16.5. The van der Waals surface area contributed by atoms with Gasteiger partial charge in [0.15, 0.2) is 5.69 Å². The van der Waals surface area contributed by atoms with Gasteiger partial charge in [0.25, 0.3) is 5.91 Å². The van der Waals surface area contributed by atoms with Crippen molar-refractivity contribution in [2.75, 3.05) is 0 Å². The lowest BCUT2D eigenvalue weighted by Gasteiger charge is -2.03. The lowest BCUT2D eigenvalue weighted by atomic mass is 10.1. The number of rotatable bonds is 4. The molecule has 110 valence electrons. The SMILES string of the molecule is NC(=O)c1n[nH]nc1-c1ccc(OC(=O)c2ccco2)cc1. The fraction of sp³-hybridized carbons (Fsp3) is 0. The second-order valence-corrected chi connectivity index (χ2v) is 4.28. The van der Waals surface area contributed by atoms with E-state index in [9.17, 15) is 9.59 Å². The molecule has 0 fully saturated rings. The highest BCUT2D eigenvalue weighted by molar-refractivity contribution is 5.96. The van der Waals surface area contributed by atoms with Crippen LogP contribution in [-0.4, -0.2) is 27.3 Å². The first-order valence-electron chi connectivity index (χ1n) is 6.22. The number of nitrogens with one attached hydrogen (secondary N) is 1. The summed E-state index contributed by atoms with van der Waals surface area (Å²) in [5.74, 6) is -0.847. The maximum atomic E-state index is 11.7. The van der Waals surface area contributed by atoms with Gasteiger partial charge in [0.1, 0.15) is 11.4 Å². The van der Waals surface area contributed by atoms with Gasteiger partial charge in [-0.3, -0.25) is 4.79 Å². The van der Waals surface area contributed by atoms with E-state index in [0.29, 0.717) is 17.0 Å². The summed E-state index contributed by atoms with van der Waals surface area (Å²) in [4.78, 5) is 22.9. The van der Waals surface area contributed by atoms with Gasteiger partial charge in [-0.25, -0.2) is 4.79 Å². The third-order valence-electron chi connectivity index (χ3n) is 2.84. The van der Waals surface area contributed by atoms with E-state index in [1.807, 2.05) is 0 Å². The van der Waals surface area contributed by atoms with Crippen molar-refractivity contribution in [3.8, 4) is 17.0 Å². The Morgan fingerprint density at radius 3 is 2.55 bits per heavy atom. The Balaban J connectivity index is 1.80. The van der Waals surface area contributed by atoms with Crippen LogP contribution in [0.2, 0.25) is 0 Å². The highest BCUT2D eigenvalue weighted by Crippen LogP contribution is 2.23. The molecule has 2 heterocycles. The summed E-state index contributed by atoms with van der Waals surface area (Å²) in [7, 11) is 0. The van der Waals surface area contributed by atoms with Crippen molar-refractivity contribution in [1.29, 1.82) is 0 Å². The van der Waals surface area contributed by atoms with Crippen LogP contribution >= 0.6 is 0 Å². The number of nitrogens with two attached hydrogens (primary N) is 1. The molecule has 0 aliphatic heterocycles. The third-order valence-corrected chi connectivity index (χ3v) is 2.84. The zero-order valence-corrected chi connectivity index (χ0v) is 11.1. The molecular formula is C14H10N4O4. The van der Waals surface area contributed by atoms with Crippen molar-refractivity contribution >= 4 is 11.9 Å². The quantitative estimate of drug-likeness (QED) is 0.554. The Bertz CT molecular complexity index is 806. The summed E-state index contributed by atoms with van der Waals surface area (Å²) in [6.07, 6.45) is 1.38. The molecule has 22 heavy (non-hydrogen) atoms. The van der Waals surface area contributed by atoms with E-state index >= 15 is 0 Å². The van der Waals surface area contributed by atoms with Crippen LogP contribution in [0.1, 0.15) is 21.0 Å². The molecule has 8 heteroatoms. The lowest BCUT2D eigenvalue weighted by molar-refractivity contribution is 0.0701. The van der Waals surface area contributed by atoms with Gasteiger partial charge in [-0.2, -0.15) is 15.4 Å². The Morgan fingerprint density at radius 1 is 1.14 bits per heavy atom. The van der Waals surface area contributed by atoms with Crippen LogP contribution in [-0.2, 0) is 0 Å². The average Bonchev–Trinajstić information content (AvgIpc) is 3.19. The Hall–Kier alpha value is -3.42. The van der Waals surface area contributed by atoms with Gasteiger partial charge in [0, 0.05) is 5.56 Å². The van der Waals surface area contributed by atoms with E-state index in [-0.39, 0.29) is 11.5 Å². The fourth-order valence-corrected chi connectivity index (χ4v) is 1.84. The van der Waals surface area contributed by atoms with Crippen LogP contribution in [0, 0.1) is 0 Å². The summed E-state index contributed by atoms with van der Waals surface area (Å²) in [5.41, 5.74) is 6.19. The minimum absolute atomic E-state index is 0.0420. The molecule has 0 atom stereocenters. The number of amides is 1. The number of primary amides is 1. The first-order chi connectivity index (χ1) is 10.6. The van der Waals surface area contributed by atoms with E-state index in [2.05, 4.69) is 15.4 Å². The van der Waals surface area contributed by atoms with Crippen molar-refractivity contribution in [1.82, 2.24) is 15.4 Å². The topological polar surface area (TPSA) is 124 Å². The van der Waals surface area contributed by atoms with Gasteiger partial charge in [-0.05, 0) is 36.4 Å². The second kappa shape index (κ2) is 5.52. The van der Waals surface area contributed by atoms with Crippen molar-refractivity contribution in [2.45, 2.75) is 0 Å². The van der Waals surface area contributed by atoms with Gasteiger partial charge in [0.05, 0.1) is 6.26 Å². The van der Waals surface area contributed by atoms with Gasteiger partial charge in [-0.1, -0.05) is 0 Å². The van der Waals surface area contributed by atoms with Crippen molar-refractivity contribution < 1.29 is 18.7 Å². The Labute approximate surface area is 123 Å². The summed E-state index contributed by atoms with van der Waals surface area (Å²) in [6.45, 7) is 0. The molecule has 0 aliphatic rings. The first kappa shape index (κ1) is 13.6. The monoisotopic (exact) mass is 298 g/mol. The molecule has 3 N–H and O–H groups in total. The first-order valence-corrected chi connectivity index (χ1v) is 6.22. The molecule has 0 unspecified atom stereocenters. The number of benzene rings is 1. The molecule has 0 bridgehead atoms. The number of hydrogen-bond acceptors (Lipinski definition) is 6. The lowest BCUT2D eigenvalue weighted by Crippen LogP contribution is -2.12. The summed E-state index contributed by atoms with van der Waals surface area (Å²) >= 11 is 0. The predicted octanol–water partition coefficient (Wildman–Crippen LogP) is 1.38. The predicted molar refractivity (Wildman–Crippen MR) is 74.0 cm³/mol. The minimum Gasteiger partial charge on any atom is -0.457 e. The van der Waals surface area contributed by atoms with Crippen molar-refractivity contribution in [3.63, 3.8) is 0 Å². The molecule has 0 spiro atoms. The zero-order valence-electron chi connectivity index (χ0n) is 11.1. The van der Waals surface area contributed by atoms with Crippen LogP contribution in [0.4, 0.5) is 0 Å². The number of H-pyrrole nitrogens is 1. The second-order valence-electron chi connectivity index (χ2n) is 4.28. The van der Waals surface area contributed by atoms with Gasteiger partial charge < -0.3 is 14.9 Å². The van der Waals surface area contributed by atoms with E-state index in [1.165, 1.54) is 12.3 Å². The molecule has 3 rings (SSSR count). The zero-order chi connectivity index (χ0) is 15.5. The summed E-state index contributed by atoms with van der Waals surface area (Å²) < 4.78 is 10.1. The Morgan fingerprint density at radius 2 is 1.91 bits per heavy atom. The van der Waals surface area contributed by atoms with E-state index < -0.39 is 11.9 Å². The maximum absolute atomic E-state index is 11.7. The highest BCUT2D eigenvalue weighted by Gasteiger charge is 2.16. The van der Waals surface area contributed by atoms with Gasteiger partial charge in [-0.15, -0.1) is 0 Å². The number of aromatic nitrogens is 3. The molecule has 3 aromatic rings. The van der Waals surface area contributed by atoms with E-state index in [1.54, 1.807) is 30.3 Å². The number of esters is 1. The molecule has 1 aromatic carbocycles. The largest absolute Gasteiger partial charge is 0.457 e. The fourth-order valence-electron chi connectivity index (χ4n) is 1.84. The standard InChI is InChI=1S/C14H10N4O4/c15-13(19)12-11(16-18-17-12)8-3-5-9(6-4-8)22-14(20)10-2-1-7-21-10/h1-7H,(H2,15,19)(H,16,17,18).